The van der Waals surface area contributed by atoms with Crippen LogP contribution in [0.25, 0.3) is 0 Å². The van der Waals surface area contributed by atoms with Gasteiger partial charge in [0.25, 0.3) is 5.91 Å². The lowest BCUT2D eigenvalue weighted by Gasteiger charge is -2.14. The van der Waals surface area contributed by atoms with Crippen molar-refractivity contribution >= 4 is 17.6 Å². The average Bonchev–Trinajstić information content (AvgIpc) is 2.99. The molecule has 3 N–H and O–H groups in total. The van der Waals surface area contributed by atoms with Crippen LogP contribution in [0.3, 0.4) is 0 Å². The van der Waals surface area contributed by atoms with Crippen LogP contribution in [0.4, 0.5) is 10.5 Å². The number of aryl methyl sites for hydroxylation is 1. The van der Waals surface area contributed by atoms with Crippen molar-refractivity contribution in [2.24, 2.45) is 0 Å². The molecule has 1 fully saturated rings. The van der Waals surface area contributed by atoms with Crippen LogP contribution in [0.2, 0.25) is 0 Å². The van der Waals surface area contributed by atoms with E-state index >= 15 is 0 Å². The second kappa shape index (κ2) is 7.79. The van der Waals surface area contributed by atoms with Crippen molar-refractivity contribution in [1.29, 1.82) is 0 Å². The maximum atomic E-state index is 12.0. The number of carbonyl (C=O) groups excluding carboxylic acids is 2. The first-order valence-electron chi connectivity index (χ1n) is 7.64. The minimum Gasteiger partial charge on any atom is -0.379 e. The summed E-state index contributed by atoms with van der Waals surface area (Å²) in [5, 5.41) is 8.49. The summed E-state index contributed by atoms with van der Waals surface area (Å²) in [5.74, 6) is -0.130. The highest BCUT2D eigenvalue weighted by molar-refractivity contribution is 5.97. The van der Waals surface area contributed by atoms with Crippen molar-refractivity contribution in [3.8, 4) is 0 Å². The van der Waals surface area contributed by atoms with Gasteiger partial charge in [0.05, 0.1) is 12.6 Å². The van der Waals surface area contributed by atoms with E-state index in [1.807, 2.05) is 19.9 Å². The third kappa shape index (κ3) is 4.46. The summed E-state index contributed by atoms with van der Waals surface area (Å²) < 4.78 is 5.22. The van der Waals surface area contributed by atoms with Gasteiger partial charge in [-0.05, 0) is 37.5 Å². The van der Waals surface area contributed by atoms with Crippen molar-refractivity contribution in [2.75, 3.05) is 25.1 Å². The molecule has 1 aliphatic heterocycles. The molecule has 2 rings (SSSR count). The number of amides is 3. The molecule has 6 nitrogen and oxygen atoms in total. The second-order valence-corrected chi connectivity index (χ2v) is 5.44. The maximum Gasteiger partial charge on any atom is 0.319 e. The van der Waals surface area contributed by atoms with E-state index in [0.29, 0.717) is 31.0 Å². The largest absolute Gasteiger partial charge is 0.379 e. The number of ether oxygens (including phenoxy) is 1. The number of carbonyl (C=O) groups is 2. The lowest BCUT2D eigenvalue weighted by molar-refractivity contribution is 0.0953. The highest BCUT2D eigenvalue weighted by Gasteiger charge is 2.18. The Morgan fingerprint density at radius 1 is 1.36 bits per heavy atom. The predicted octanol–water partition coefficient (Wildman–Crippen LogP) is 2.05. The van der Waals surface area contributed by atoms with Crippen LogP contribution in [0.5, 0.6) is 0 Å². The summed E-state index contributed by atoms with van der Waals surface area (Å²) in [5.41, 5.74) is 2.09. The topological polar surface area (TPSA) is 79.5 Å². The molecule has 6 heteroatoms. The van der Waals surface area contributed by atoms with Crippen molar-refractivity contribution in [3.05, 3.63) is 29.3 Å². The Labute approximate surface area is 130 Å². The molecule has 120 valence electrons. The fourth-order valence-electron chi connectivity index (χ4n) is 2.23. The van der Waals surface area contributed by atoms with E-state index < -0.39 is 0 Å². The van der Waals surface area contributed by atoms with Crippen LogP contribution in [0.15, 0.2) is 18.2 Å². The minimum absolute atomic E-state index is 0.0522. The molecular weight excluding hydrogens is 282 g/mol. The highest BCUT2D eigenvalue weighted by atomic mass is 16.5. The van der Waals surface area contributed by atoms with Gasteiger partial charge in [-0.3, -0.25) is 4.79 Å². The van der Waals surface area contributed by atoms with E-state index in [0.717, 1.165) is 18.4 Å². The molecule has 0 radical (unpaired) electrons. The van der Waals surface area contributed by atoms with Gasteiger partial charge in [0.2, 0.25) is 0 Å². The number of urea groups is 1. The molecule has 1 aliphatic rings. The van der Waals surface area contributed by atoms with Gasteiger partial charge in [-0.15, -0.1) is 0 Å². The lowest BCUT2D eigenvalue weighted by Crippen LogP contribution is -2.38. The van der Waals surface area contributed by atoms with Gasteiger partial charge >= 0.3 is 6.03 Å². The summed E-state index contributed by atoms with van der Waals surface area (Å²) in [6, 6.07) is 5.06. The summed E-state index contributed by atoms with van der Waals surface area (Å²) in [7, 11) is 0. The molecule has 1 aromatic carbocycles. The van der Waals surface area contributed by atoms with Gasteiger partial charge in [0, 0.05) is 24.4 Å². The van der Waals surface area contributed by atoms with Gasteiger partial charge in [-0.25, -0.2) is 4.79 Å². The van der Waals surface area contributed by atoms with E-state index in [1.165, 1.54) is 0 Å². The Bertz CT molecular complexity index is 539. The SMILES string of the molecule is CCCNC(=O)c1ccc(C)c(NC(=O)N[C@H]2CCOC2)c1. The van der Waals surface area contributed by atoms with Crippen LogP contribution < -0.4 is 16.0 Å². The van der Waals surface area contributed by atoms with Gasteiger partial charge in [0.15, 0.2) is 0 Å². The Hall–Kier alpha value is -2.08. The molecule has 0 unspecified atom stereocenters. The van der Waals surface area contributed by atoms with Crippen LogP contribution in [-0.2, 0) is 4.74 Å². The molecule has 1 atom stereocenters. The summed E-state index contributed by atoms with van der Waals surface area (Å²) in [4.78, 5) is 24.0. The third-order valence-electron chi connectivity index (χ3n) is 3.55. The lowest BCUT2D eigenvalue weighted by atomic mass is 10.1. The molecule has 0 aliphatic carbocycles. The first-order valence-corrected chi connectivity index (χ1v) is 7.64. The number of anilines is 1. The smallest absolute Gasteiger partial charge is 0.319 e. The first-order chi connectivity index (χ1) is 10.6. The standard InChI is InChI=1S/C16H23N3O3/c1-3-7-17-15(20)12-5-4-11(2)14(9-12)19-16(21)18-13-6-8-22-10-13/h4-5,9,13H,3,6-8,10H2,1-2H3,(H,17,20)(H2,18,19,21)/t13-/m0/s1. The van der Waals surface area contributed by atoms with Crippen molar-refractivity contribution in [1.82, 2.24) is 10.6 Å². The van der Waals surface area contributed by atoms with Gasteiger partial charge in [-0.2, -0.15) is 0 Å². The zero-order chi connectivity index (χ0) is 15.9. The van der Waals surface area contributed by atoms with E-state index in [-0.39, 0.29) is 18.0 Å². The van der Waals surface area contributed by atoms with Gasteiger partial charge in [-0.1, -0.05) is 13.0 Å². The third-order valence-corrected chi connectivity index (χ3v) is 3.55. The minimum atomic E-state index is -0.273. The Morgan fingerprint density at radius 2 is 2.18 bits per heavy atom. The monoisotopic (exact) mass is 305 g/mol. The number of hydrogen-bond donors (Lipinski definition) is 3. The molecular formula is C16H23N3O3. The molecule has 0 saturated carbocycles. The quantitative estimate of drug-likeness (QED) is 0.779. The molecule has 1 saturated heterocycles. The molecule has 22 heavy (non-hydrogen) atoms. The Balaban J connectivity index is 1.99. The highest BCUT2D eigenvalue weighted by Crippen LogP contribution is 2.17. The Morgan fingerprint density at radius 3 is 2.86 bits per heavy atom. The Kier molecular flexibility index (Phi) is 5.77. The zero-order valence-electron chi connectivity index (χ0n) is 13.1. The van der Waals surface area contributed by atoms with E-state index in [4.69, 9.17) is 4.74 Å². The molecule has 0 spiro atoms. The molecule has 1 heterocycles. The van der Waals surface area contributed by atoms with Gasteiger partial charge in [0.1, 0.15) is 0 Å². The maximum absolute atomic E-state index is 12.0. The number of nitrogens with one attached hydrogen (secondary N) is 3. The first kappa shape index (κ1) is 16.3. The number of benzene rings is 1. The molecule has 1 aromatic rings. The molecule has 0 bridgehead atoms. The second-order valence-electron chi connectivity index (χ2n) is 5.44. The van der Waals surface area contributed by atoms with E-state index in [2.05, 4.69) is 16.0 Å². The van der Waals surface area contributed by atoms with E-state index in [9.17, 15) is 9.59 Å². The summed E-state index contributed by atoms with van der Waals surface area (Å²) >= 11 is 0. The average molecular weight is 305 g/mol. The van der Waals surface area contributed by atoms with Crippen molar-refractivity contribution < 1.29 is 14.3 Å². The molecule has 0 aromatic heterocycles. The summed E-state index contributed by atoms with van der Waals surface area (Å²) in [6.07, 6.45) is 1.71. The van der Waals surface area contributed by atoms with Crippen LogP contribution in [-0.4, -0.2) is 37.7 Å². The fraction of sp³-hybridized carbons (Fsp3) is 0.500. The van der Waals surface area contributed by atoms with Crippen LogP contribution >= 0.6 is 0 Å². The van der Waals surface area contributed by atoms with Crippen LogP contribution in [0, 0.1) is 6.92 Å². The summed E-state index contributed by atoms with van der Waals surface area (Å²) in [6.45, 7) is 5.75. The van der Waals surface area contributed by atoms with Gasteiger partial charge < -0.3 is 20.7 Å². The van der Waals surface area contributed by atoms with E-state index in [1.54, 1.807) is 12.1 Å². The fourth-order valence-corrected chi connectivity index (χ4v) is 2.23. The normalized spacial score (nSPS) is 17.1. The molecule has 3 amide bonds. The van der Waals surface area contributed by atoms with Crippen molar-refractivity contribution in [3.63, 3.8) is 0 Å². The van der Waals surface area contributed by atoms with Crippen LogP contribution in [0.1, 0.15) is 35.7 Å². The predicted molar refractivity (Wildman–Crippen MR) is 85.2 cm³/mol. The zero-order valence-corrected chi connectivity index (χ0v) is 13.1. The van der Waals surface area contributed by atoms with Crippen molar-refractivity contribution in [2.45, 2.75) is 32.7 Å². The number of hydrogen-bond acceptors (Lipinski definition) is 3. The number of rotatable bonds is 5.